The van der Waals surface area contributed by atoms with Gasteiger partial charge in [0.15, 0.2) is 11.6 Å². The minimum absolute atomic E-state index is 0.0374. The van der Waals surface area contributed by atoms with Crippen LogP contribution in [0.2, 0.25) is 0 Å². The number of anilines is 1. The summed E-state index contributed by atoms with van der Waals surface area (Å²) in [5.74, 6) is 0.525. The summed E-state index contributed by atoms with van der Waals surface area (Å²) in [5.41, 5.74) is 5.50. The number of nitriles is 1. The molecule has 12 heteroatoms. The topological polar surface area (TPSA) is 165 Å². The first-order valence-corrected chi connectivity index (χ1v) is 11.6. The Balaban J connectivity index is 1.46. The molecule has 1 aliphatic rings. The van der Waals surface area contributed by atoms with Gasteiger partial charge in [-0.1, -0.05) is 32.9 Å². The van der Waals surface area contributed by atoms with E-state index in [4.69, 9.17) is 19.5 Å². The van der Waals surface area contributed by atoms with Crippen molar-refractivity contribution in [2.45, 2.75) is 50.1 Å². The molecule has 1 unspecified atom stereocenters. The van der Waals surface area contributed by atoms with Crippen LogP contribution in [0.25, 0.3) is 5.52 Å². The maximum Gasteiger partial charge on any atom is 0.750 e. The van der Waals surface area contributed by atoms with E-state index >= 15 is 0 Å². The monoisotopic (exact) mass is 486 g/mol. The third-order valence-electron chi connectivity index (χ3n) is 5.73. The predicted octanol–water partition coefficient (Wildman–Crippen LogP) is 2.20. The number of aliphatic hydroxyl groups is 2. The van der Waals surface area contributed by atoms with Crippen LogP contribution in [-0.2, 0) is 24.8 Å². The molecule has 3 heterocycles. The van der Waals surface area contributed by atoms with Gasteiger partial charge < -0.3 is 20.7 Å². The van der Waals surface area contributed by atoms with Gasteiger partial charge in [0.2, 0.25) is 5.60 Å². The van der Waals surface area contributed by atoms with E-state index < -0.39 is 38.8 Å². The molecule has 4 rings (SSSR count). The quantitative estimate of drug-likeness (QED) is 0.440. The molecule has 0 amide bonds. The summed E-state index contributed by atoms with van der Waals surface area (Å²) < 4.78 is 30.0. The second kappa shape index (κ2) is 8.91. The zero-order valence-electron chi connectivity index (χ0n) is 18.8. The Morgan fingerprint density at radius 1 is 1.26 bits per heavy atom. The van der Waals surface area contributed by atoms with Crippen molar-refractivity contribution in [1.29, 1.82) is 5.26 Å². The molecule has 34 heavy (non-hydrogen) atoms. The second-order valence-electron chi connectivity index (χ2n) is 8.99. The number of benzene rings is 1. The van der Waals surface area contributed by atoms with Crippen LogP contribution >= 0.6 is 8.25 Å². The molecule has 0 spiro atoms. The number of ether oxygens (including phenoxy) is 1. The highest BCUT2D eigenvalue weighted by Crippen LogP contribution is 2.41. The molecular formula is C22H25N5O6P+. The van der Waals surface area contributed by atoms with Crippen molar-refractivity contribution < 1.29 is 28.6 Å². The average Bonchev–Trinajstić information content (AvgIpc) is 3.34. The Kier molecular flexibility index (Phi) is 6.29. The van der Waals surface area contributed by atoms with E-state index in [0.717, 1.165) is 5.56 Å². The molecular weight excluding hydrogens is 461 g/mol. The van der Waals surface area contributed by atoms with Crippen LogP contribution < -0.4 is 10.3 Å². The predicted molar refractivity (Wildman–Crippen MR) is 121 cm³/mol. The fourth-order valence-corrected chi connectivity index (χ4v) is 4.43. The molecule has 1 saturated heterocycles. The van der Waals surface area contributed by atoms with Gasteiger partial charge in [0.05, 0.1) is 5.69 Å². The first-order chi connectivity index (χ1) is 16.1. The fraction of sp³-hybridized carbons (Fsp3) is 0.409. The Morgan fingerprint density at radius 2 is 1.97 bits per heavy atom. The molecule has 1 fully saturated rings. The van der Waals surface area contributed by atoms with Gasteiger partial charge in [0.25, 0.3) is 0 Å². The molecule has 3 aromatic rings. The average molecular weight is 486 g/mol. The number of aromatic nitrogens is 3. The lowest BCUT2D eigenvalue weighted by molar-refractivity contribution is -0.0612. The van der Waals surface area contributed by atoms with Crippen LogP contribution in [0.15, 0.2) is 42.7 Å². The van der Waals surface area contributed by atoms with Crippen LogP contribution in [0.3, 0.4) is 0 Å². The van der Waals surface area contributed by atoms with Gasteiger partial charge in [-0.05, 0) is 35.2 Å². The van der Waals surface area contributed by atoms with Gasteiger partial charge >= 0.3 is 8.25 Å². The molecule has 178 valence electrons. The lowest BCUT2D eigenvalue weighted by Crippen LogP contribution is -2.41. The van der Waals surface area contributed by atoms with Crippen LogP contribution in [-0.4, -0.2) is 49.7 Å². The van der Waals surface area contributed by atoms with Crippen molar-refractivity contribution in [3.05, 3.63) is 54.0 Å². The number of hydrogen-bond acceptors (Lipinski definition) is 10. The van der Waals surface area contributed by atoms with E-state index in [1.807, 2.05) is 18.2 Å². The molecule has 1 aromatic carbocycles. The summed E-state index contributed by atoms with van der Waals surface area (Å²) in [5, 5.41) is 35.3. The Labute approximate surface area is 196 Å². The van der Waals surface area contributed by atoms with Crippen LogP contribution in [0.5, 0.6) is 5.75 Å². The van der Waals surface area contributed by atoms with Crippen LogP contribution in [0.4, 0.5) is 5.82 Å². The van der Waals surface area contributed by atoms with Gasteiger partial charge in [0, 0.05) is 4.57 Å². The largest absolute Gasteiger partial charge is 0.750 e. The number of aliphatic hydroxyl groups excluding tert-OH is 2. The van der Waals surface area contributed by atoms with Crippen molar-refractivity contribution in [1.82, 2.24) is 14.6 Å². The van der Waals surface area contributed by atoms with Gasteiger partial charge in [-0.3, -0.25) is 0 Å². The number of nitrogens with two attached hydrogens (primary N) is 1. The number of fused-ring (bicyclic) bond motifs is 1. The molecule has 11 nitrogen and oxygen atoms in total. The normalized spacial score (nSPS) is 25.3. The fourth-order valence-electron chi connectivity index (χ4n) is 3.81. The zero-order chi connectivity index (χ0) is 24.7. The summed E-state index contributed by atoms with van der Waals surface area (Å²) in [6.07, 6.45) is -3.10. The smallest absolute Gasteiger partial charge is 0.387 e. The molecule has 4 N–H and O–H groups in total. The second-order valence-corrected chi connectivity index (χ2v) is 9.87. The number of nitrogen functional groups attached to an aromatic ring is 1. The van der Waals surface area contributed by atoms with Crippen molar-refractivity contribution >= 4 is 19.6 Å². The van der Waals surface area contributed by atoms with Crippen LogP contribution in [0, 0.1) is 11.3 Å². The van der Waals surface area contributed by atoms with Crippen molar-refractivity contribution in [3.63, 3.8) is 0 Å². The summed E-state index contributed by atoms with van der Waals surface area (Å²) in [6, 6.07) is 12.1. The Bertz CT molecular complexity index is 1250. The third kappa shape index (κ3) is 4.22. The first-order valence-electron chi connectivity index (χ1n) is 10.5. The van der Waals surface area contributed by atoms with E-state index in [1.165, 1.54) is 16.9 Å². The highest BCUT2D eigenvalue weighted by Gasteiger charge is 2.58. The molecule has 1 aliphatic heterocycles. The summed E-state index contributed by atoms with van der Waals surface area (Å²) in [7, 11) is -2.60. The highest BCUT2D eigenvalue weighted by molar-refractivity contribution is 7.33. The standard InChI is InChI=1S/C22H25N5O6P/c1-21(2,3)13-4-6-14(7-5-13)33-34(30)31-10-16-18(28)19(29)22(11-23,32-16)17-9-8-15-20(24)25-12-26-27(15)17/h4-9,12,16,18-19,28-29H,10H2,1-3H3,(H2,24,25,26)/q+1/t16-,18-,19-,22+/m1/s1. The lowest BCUT2D eigenvalue weighted by atomic mass is 9.87. The third-order valence-corrected chi connectivity index (χ3v) is 6.45. The molecule has 0 saturated carbocycles. The summed E-state index contributed by atoms with van der Waals surface area (Å²) in [6.45, 7) is 5.84. The van der Waals surface area contributed by atoms with Gasteiger partial charge in [-0.25, -0.2) is 14.0 Å². The van der Waals surface area contributed by atoms with Gasteiger partial charge in [0.1, 0.15) is 42.8 Å². The van der Waals surface area contributed by atoms with E-state index in [0.29, 0.717) is 11.3 Å². The maximum absolute atomic E-state index is 12.3. The first kappa shape index (κ1) is 24.0. The molecule has 0 bridgehead atoms. The van der Waals surface area contributed by atoms with Crippen LogP contribution in [0.1, 0.15) is 32.0 Å². The number of rotatable bonds is 6. The molecule has 5 atom stereocenters. The van der Waals surface area contributed by atoms with Crippen molar-refractivity contribution in [3.8, 4) is 11.8 Å². The van der Waals surface area contributed by atoms with Gasteiger partial charge in [-0.2, -0.15) is 10.4 Å². The maximum atomic E-state index is 12.3. The number of nitrogens with zero attached hydrogens (tertiary/aromatic N) is 4. The molecule has 0 aliphatic carbocycles. The number of hydrogen-bond donors (Lipinski definition) is 3. The summed E-state index contributed by atoms with van der Waals surface area (Å²) in [4.78, 5) is 3.89. The summed E-state index contributed by atoms with van der Waals surface area (Å²) >= 11 is 0. The Morgan fingerprint density at radius 3 is 2.62 bits per heavy atom. The molecule has 2 aromatic heterocycles. The minimum Gasteiger partial charge on any atom is -0.387 e. The van der Waals surface area contributed by atoms with Crippen molar-refractivity contribution in [2.75, 3.05) is 12.3 Å². The minimum atomic E-state index is -2.60. The SMILES string of the molecule is CC(C)(C)c1ccc(O[P+](=O)OC[C@H]2O[C@@](C#N)(c3ccc4c(N)ncnn34)[C@H](O)[C@@H]2O)cc1. The van der Waals surface area contributed by atoms with E-state index in [9.17, 15) is 20.0 Å². The highest BCUT2D eigenvalue weighted by atomic mass is 31.1. The lowest BCUT2D eigenvalue weighted by Gasteiger charge is -2.24. The van der Waals surface area contributed by atoms with Gasteiger partial charge in [-0.15, -0.1) is 4.52 Å². The zero-order valence-corrected chi connectivity index (χ0v) is 19.7. The van der Waals surface area contributed by atoms with E-state index in [1.54, 1.807) is 18.2 Å². The van der Waals surface area contributed by atoms with E-state index in [2.05, 4.69) is 30.9 Å². The molecule has 0 radical (unpaired) electrons. The van der Waals surface area contributed by atoms with Crippen molar-refractivity contribution in [2.24, 2.45) is 0 Å². The Hall–Kier alpha value is -3.13. The van der Waals surface area contributed by atoms with E-state index in [-0.39, 0.29) is 16.9 Å².